The third-order valence-corrected chi connectivity index (χ3v) is 4.09. The third-order valence-electron chi connectivity index (χ3n) is 4.09. The van der Waals surface area contributed by atoms with Crippen molar-refractivity contribution >= 4 is 7.12 Å². The van der Waals surface area contributed by atoms with E-state index >= 15 is 0 Å². The van der Waals surface area contributed by atoms with Crippen LogP contribution in [0.1, 0.15) is 55.4 Å². The summed E-state index contributed by atoms with van der Waals surface area (Å²) in [5, 5.41) is 24.8. The van der Waals surface area contributed by atoms with E-state index in [0.717, 1.165) is 23.6 Å². The predicted molar refractivity (Wildman–Crippen MR) is 142 cm³/mol. The third kappa shape index (κ3) is 22.5. The Balaban J connectivity index is -0.000000899. The van der Waals surface area contributed by atoms with Gasteiger partial charge >= 0.3 is 7.12 Å². The van der Waals surface area contributed by atoms with E-state index in [-0.39, 0.29) is 0 Å². The van der Waals surface area contributed by atoms with Crippen LogP contribution in [0.2, 0.25) is 0 Å². The van der Waals surface area contributed by atoms with E-state index < -0.39 is 7.12 Å². The minimum Gasteiger partial charge on any atom is -0.502 e. The van der Waals surface area contributed by atoms with E-state index in [1.807, 2.05) is 71.9 Å². The second-order valence-corrected chi connectivity index (χ2v) is 6.81. The van der Waals surface area contributed by atoms with Crippen LogP contribution in [0.15, 0.2) is 71.2 Å². The molecule has 0 heterocycles. The molecule has 0 spiro atoms. The van der Waals surface area contributed by atoms with Crippen LogP contribution in [-0.2, 0) is 4.74 Å². The number of ether oxygens (including phenoxy) is 1. The summed E-state index contributed by atoms with van der Waals surface area (Å²) in [6.07, 6.45) is 15.2. The lowest BCUT2D eigenvalue weighted by Crippen LogP contribution is -2.29. The maximum absolute atomic E-state index is 9.08. The molecule has 0 amide bonds. The number of nitrogens with two attached hydrogens (primary N) is 1. The lowest BCUT2D eigenvalue weighted by atomic mass is 9.80. The topological polar surface area (TPSA) is 99.8 Å². The zero-order chi connectivity index (χ0) is 25.4. The van der Waals surface area contributed by atoms with E-state index in [9.17, 15) is 0 Å². The van der Waals surface area contributed by atoms with Gasteiger partial charge in [-0.2, -0.15) is 0 Å². The first-order valence-corrected chi connectivity index (χ1v) is 11.3. The zero-order valence-electron chi connectivity index (χ0n) is 21.8. The van der Waals surface area contributed by atoms with Crippen LogP contribution in [0.3, 0.4) is 0 Å². The standard InChI is InChI=1S/C18H32BN3O2.C5H10O.C2H6/c1-5-7-15(3)12-22-18(11-20)14-21-13-17(8-6-2)10-9-16(4)19(23)24;1-4-5(2)6-3;1-2/h5-11,15,21-24H,12-14,20H2,1-4H3;4H,1-3H3;1-2H3/b7-5-,8-6-,16-9+,17-10+,18-11-;5-4+;. The van der Waals surface area contributed by atoms with Gasteiger partial charge in [0.1, 0.15) is 0 Å². The van der Waals surface area contributed by atoms with Crippen molar-refractivity contribution in [3.8, 4) is 0 Å². The maximum atomic E-state index is 9.08. The van der Waals surface area contributed by atoms with Gasteiger partial charge in [0.05, 0.1) is 12.9 Å². The zero-order valence-corrected chi connectivity index (χ0v) is 21.8. The monoisotopic (exact) mass is 449 g/mol. The quantitative estimate of drug-likeness (QED) is 0.132. The molecule has 0 saturated carbocycles. The molecule has 0 aliphatic heterocycles. The molecule has 0 aliphatic carbocycles. The second-order valence-electron chi connectivity index (χ2n) is 6.81. The number of hydrogen-bond donors (Lipinski definition) is 5. The van der Waals surface area contributed by atoms with E-state index in [2.05, 4.69) is 23.6 Å². The molecule has 0 saturated heterocycles. The highest BCUT2D eigenvalue weighted by atomic mass is 16.5. The van der Waals surface area contributed by atoms with Gasteiger partial charge in [0.25, 0.3) is 0 Å². The Morgan fingerprint density at radius 3 is 2.09 bits per heavy atom. The highest BCUT2D eigenvalue weighted by Gasteiger charge is 2.07. The Hall–Kier alpha value is -2.22. The molecule has 0 aromatic rings. The van der Waals surface area contributed by atoms with Gasteiger partial charge < -0.3 is 31.2 Å². The van der Waals surface area contributed by atoms with Crippen LogP contribution < -0.4 is 16.4 Å². The maximum Gasteiger partial charge on any atom is 0.483 e. The van der Waals surface area contributed by atoms with Crippen molar-refractivity contribution in [1.82, 2.24) is 10.6 Å². The number of hydrogen-bond acceptors (Lipinski definition) is 6. The molecule has 7 heteroatoms. The largest absolute Gasteiger partial charge is 0.502 e. The normalized spacial score (nSPS) is 13.8. The molecule has 6 N–H and O–H groups in total. The summed E-state index contributed by atoms with van der Waals surface area (Å²) in [5.41, 5.74) is 8.15. The van der Waals surface area contributed by atoms with Crippen molar-refractivity contribution in [2.24, 2.45) is 11.7 Å². The van der Waals surface area contributed by atoms with Crippen LogP contribution in [-0.4, -0.2) is 43.9 Å². The Bertz CT molecular complexity index is 622. The summed E-state index contributed by atoms with van der Waals surface area (Å²) < 4.78 is 4.76. The van der Waals surface area contributed by atoms with E-state index in [1.165, 1.54) is 0 Å². The number of rotatable bonds is 12. The molecule has 0 aliphatic rings. The summed E-state index contributed by atoms with van der Waals surface area (Å²) in [5.74, 6) is 1.41. The van der Waals surface area contributed by atoms with E-state index in [0.29, 0.717) is 24.5 Å². The molecule has 1 atom stereocenters. The van der Waals surface area contributed by atoms with E-state index in [4.69, 9.17) is 20.5 Å². The molecule has 0 fully saturated rings. The van der Waals surface area contributed by atoms with Gasteiger partial charge in [-0.1, -0.05) is 63.3 Å². The predicted octanol–water partition coefficient (Wildman–Crippen LogP) is 4.22. The van der Waals surface area contributed by atoms with E-state index in [1.54, 1.807) is 26.3 Å². The molecular weight excluding hydrogens is 401 g/mol. The first kappa shape index (κ1) is 34.4. The van der Waals surface area contributed by atoms with Crippen LogP contribution in [0, 0.1) is 5.92 Å². The summed E-state index contributed by atoms with van der Waals surface area (Å²) in [4.78, 5) is 0. The van der Waals surface area contributed by atoms with Gasteiger partial charge in [-0.05, 0) is 51.6 Å². The van der Waals surface area contributed by atoms with Crippen molar-refractivity contribution < 1.29 is 14.8 Å². The van der Waals surface area contributed by atoms with Crippen LogP contribution in [0.25, 0.3) is 0 Å². The van der Waals surface area contributed by atoms with Gasteiger partial charge in [0.15, 0.2) is 0 Å². The first-order chi connectivity index (χ1) is 15.2. The Labute approximate surface area is 197 Å². The second kappa shape index (κ2) is 25.0. The number of methoxy groups -OCH3 is 1. The Morgan fingerprint density at radius 2 is 1.69 bits per heavy atom. The van der Waals surface area contributed by atoms with Gasteiger partial charge in [0, 0.05) is 31.5 Å². The highest BCUT2D eigenvalue weighted by Crippen LogP contribution is 2.01. The van der Waals surface area contributed by atoms with Crippen molar-refractivity contribution in [2.45, 2.75) is 55.4 Å². The Kier molecular flexibility index (Phi) is 26.9. The van der Waals surface area contributed by atoms with Gasteiger partial charge in [-0.15, -0.1) is 0 Å². The first-order valence-electron chi connectivity index (χ1n) is 11.3. The highest BCUT2D eigenvalue weighted by molar-refractivity contribution is 6.50. The summed E-state index contributed by atoms with van der Waals surface area (Å²) in [7, 11) is 0.242. The van der Waals surface area contributed by atoms with Crippen molar-refractivity contribution in [2.75, 3.05) is 26.7 Å². The molecule has 0 bridgehead atoms. The SMILES string of the molecule is C/C=C(\C)OC.CC.C\C=C/C(=C\C=C(/C)B(O)O)CNC/C(=C/N)NCC(C)/C=C\C. The molecule has 1 unspecified atom stereocenters. The molecule has 32 heavy (non-hydrogen) atoms. The molecule has 6 nitrogen and oxygen atoms in total. The molecule has 184 valence electrons. The number of allylic oxidation sites excluding steroid dienone is 7. The Morgan fingerprint density at radius 1 is 1.06 bits per heavy atom. The number of nitrogens with one attached hydrogen (secondary N) is 2. The molecule has 0 aromatic carbocycles. The van der Waals surface area contributed by atoms with Gasteiger partial charge in [-0.25, -0.2) is 0 Å². The summed E-state index contributed by atoms with van der Waals surface area (Å²) in [6.45, 7) is 17.8. The minimum atomic E-state index is -1.42. The van der Waals surface area contributed by atoms with Crippen LogP contribution in [0.5, 0.6) is 0 Å². The van der Waals surface area contributed by atoms with Crippen molar-refractivity contribution in [1.29, 1.82) is 0 Å². The lowest BCUT2D eigenvalue weighted by Gasteiger charge is -2.14. The smallest absolute Gasteiger partial charge is 0.483 e. The minimum absolute atomic E-state index is 0.446. The molecule has 0 rings (SSSR count). The van der Waals surface area contributed by atoms with Crippen molar-refractivity contribution in [3.63, 3.8) is 0 Å². The molecular formula is C25H48BN3O3. The summed E-state index contributed by atoms with van der Waals surface area (Å²) >= 11 is 0. The van der Waals surface area contributed by atoms with Gasteiger partial charge in [0.2, 0.25) is 0 Å². The van der Waals surface area contributed by atoms with Crippen molar-refractivity contribution in [3.05, 3.63) is 71.2 Å². The lowest BCUT2D eigenvalue weighted by molar-refractivity contribution is 0.293. The van der Waals surface area contributed by atoms with Crippen LogP contribution in [0.4, 0.5) is 0 Å². The van der Waals surface area contributed by atoms with Crippen LogP contribution >= 0.6 is 0 Å². The van der Waals surface area contributed by atoms with Gasteiger partial charge in [-0.3, -0.25) is 0 Å². The average Bonchev–Trinajstić information content (AvgIpc) is 2.80. The molecule has 0 aromatic heterocycles. The molecule has 0 radical (unpaired) electrons. The fourth-order valence-corrected chi connectivity index (χ4v) is 2.04. The summed E-state index contributed by atoms with van der Waals surface area (Å²) in [6, 6.07) is 0. The average molecular weight is 449 g/mol. The fraction of sp³-hybridized carbons (Fsp3) is 0.520. The fourth-order valence-electron chi connectivity index (χ4n) is 2.04.